The van der Waals surface area contributed by atoms with Crippen molar-refractivity contribution in [2.24, 2.45) is 0 Å². The maximum atomic E-state index is 9.98. The van der Waals surface area contributed by atoms with Crippen LogP contribution in [0.25, 0.3) is 0 Å². The molecule has 0 aromatic heterocycles. The van der Waals surface area contributed by atoms with E-state index in [1.54, 1.807) is 0 Å². The Morgan fingerprint density at radius 1 is 0.857 bits per heavy atom. The minimum absolute atomic E-state index is 0.187. The molecular formula is C14H24O6Ti. The van der Waals surface area contributed by atoms with Crippen LogP contribution in [0.1, 0.15) is 41.5 Å². The molecule has 0 bridgehead atoms. The normalized spacial score (nSPS) is 10.4. The first kappa shape index (κ1) is 25.0. The van der Waals surface area contributed by atoms with E-state index in [0.29, 0.717) is 0 Å². The van der Waals surface area contributed by atoms with Crippen molar-refractivity contribution in [3.05, 3.63) is 23.7 Å². The van der Waals surface area contributed by atoms with Crippen molar-refractivity contribution in [1.82, 2.24) is 0 Å². The second-order valence-corrected chi connectivity index (χ2v) is 4.84. The van der Waals surface area contributed by atoms with Gasteiger partial charge in [0.1, 0.15) is 0 Å². The molecule has 0 saturated heterocycles. The van der Waals surface area contributed by atoms with E-state index >= 15 is 0 Å². The predicted molar refractivity (Wildman–Crippen MR) is 72.1 cm³/mol. The molecule has 0 radical (unpaired) electrons. The Balaban J connectivity index is -0.000000231. The molecule has 0 amide bonds. The summed E-state index contributed by atoms with van der Waals surface area (Å²) in [6, 6.07) is 0. The van der Waals surface area contributed by atoms with Crippen molar-refractivity contribution in [1.29, 1.82) is 0 Å². The molecule has 0 aromatic rings. The van der Waals surface area contributed by atoms with Gasteiger partial charge in [-0.15, -0.1) is 11.5 Å². The van der Waals surface area contributed by atoms with Crippen molar-refractivity contribution >= 4 is 11.6 Å². The van der Waals surface area contributed by atoms with Crippen LogP contribution in [-0.4, -0.2) is 24.8 Å². The van der Waals surface area contributed by atoms with Crippen LogP contribution < -0.4 is 10.2 Å². The molecule has 120 valence electrons. The Bertz CT molecular complexity index is 296. The third-order valence-corrected chi connectivity index (χ3v) is 2.49. The molecule has 0 atom stereocenters. The van der Waals surface area contributed by atoms with Crippen LogP contribution in [0, 0.1) is 0 Å². The molecule has 0 unspecified atom stereocenters. The van der Waals surface area contributed by atoms with E-state index in [1.165, 1.54) is 27.7 Å². The van der Waals surface area contributed by atoms with Crippen molar-refractivity contribution in [3.63, 3.8) is 0 Å². The molecule has 6 nitrogen and oxygen atoms in total. The number of carbonyl (C=O) groups is 2. The summed E-state index contributed by atoms with van der Waals surface area (Å²) >= 11 is -0.486. The Morgan fingerprint density at radius 3 is 1.24 bits per heavy atom. The van der Waals surface area contributed by atoms with E-state index in [0.717, 1.165) is 25.4 Å². The van der Waals surface area contributed by atoms with Gasteiger partial charge in [0.05, 0.1) is 0 Å². The van der Waals surface area contributed by atoms with Crippen LogP contribution in [0.2, 0.25) is 0 Å². The zero-order valence-corrected chi connectivity index (χ0v) is 15.1. The summed E-state index contributed by atoms with van der Waals surface area (Å²) in [4.78, 5) is 20.0. The molecule has 0 aliphatic rings. The number of hydrogen-bond donors (Lipinski definition) is 0. The van der Waals surface area contributed by atoms with E-state index in [-0.39, 0.29) is 23.1 Å². The van der Waals surface area contributed by atoms with E-state index < -0.39 is 19.9 Å². The average Bonchev–Trinajstić information content (AvgIpc) is 2.27. The summed E-state index contributed by atoms with van der Waals surface area (Å²) in [6.07, 6.45) is 2.11. The summed E-state index contributed by atoms with van der Waals surface area (Å²) in [5.74, 6) is -0.750. The molecule has 0 rings (SSSR count). The van der Waals surface area contributed by atoms with Gasteiger partial charge >= 0.3 is 53.6 Å². The maximum absolute atomic E-state index is 9.98. The average molecular weight is 336 g/mol. The van der Waals surface area contributed by atoms with Gasteiger partial charge in [0.25, 0.3) is 0 Å². The van der Waals surface area contributed by atoms with Gasteiger partial charge in [0.15, 0.2) is 11.6 Å². The van der Waals surface area contributed by atoms with Gasteiger partial charge in [-0.1, -0.05) is 13.8 Å². The van der Waals surface area contributed by atoms with Gasteiger partial charge in [-0.25, -0.2) is 0 Å². The Hall–Kier alpha value is -0.946. The van der Waals surface area contributed by atoms with Gasteiger partial charge in [-0.2, -0.15) is 0 Å². The number of allylic oxidation sites excluding steroid dienone is 4. The number of hydrogen-bond acceptors (Lipinski definition) is 6. The van der Waals surface area contributed by atoms with E-state index in [9.17, 15) is 19.8 Å². The van der Waals surface area contributed by atoms with E-state index in [1.807, 2.05) is 13.8 Å². The van der Waals surface area contributed by atoms with Gasteiger partial charge in [-0.3, -0.25) is 9.59 Å². The number of carbonyl (C=O) groups excluding carboxylic acids is 2. The van der Waals surface area contributed by atoms with E-state index in [2.05, 4.69) is 0 Å². The molecule has 0 aliphatic heterocycles. The second kappa shape index (κ2) is 19.1. The first-order chi connectivity index (χ1) is 9.67. The number of rotatable bonds is 6. The van der Waals surface area contributed by atoms with Crippen molar-refractivity contribution < 1.29 is 46.4 Å². The van der Waals surface area contributed by atoms with Crippen LogP contribution in [0.3, 0.4) is 0 Å². The van der Waals surface area contributed by atoms with Crippen LogP contribution in [0.5, 0.6) is 0 Å². The number of ketones is 2. The predicted octanol–water partition coefficient (Wildman–Crippen LogP) is 0.651. The van der Waals surface area contributed by atoms with Crippen LogP contribution in [-0.2, 0) is 36.2 Å². The van der Waals surface area contributed by atoms with Gasteiger partial charge in [-0.05, 0) is 26.0 Å². The molecule has 0 fully saturated rings. The fraction of sp³-hybridized carbons (Fsp3) is 0.571. The fourth-order valence-electron chi connectivity index (χ4n) is 0.732. The monoisotopic (exact) mass is 336 g/mol. The van der Waals surface area contributed by atoms with Crippen molar-refractivity contribution in [2.45, 2.75) is 41.5 Å². The summed E-state index contributed by atoms with van der Waals surface area (Å²) in [5.41, 5.74) is 0. The van der Waals surface area contributed by atoms with Crippen molar-refractivity contribution in [2.75, 3.05) is 13.2 Å². The molecule has 0 spiro atoms. The van der Waals surface area contributed by atoms with Gasteiger partial charge < -0.3 is 10.2 Å². The Kier molecular flexibility index (Phi) is 22.7. The summed E-state index contributed by atoms with van der Waals surface area (Å²) in [7, 11) is 0. The first-order valence-electron chi connectivity index (χ1n) is 6.37. The molecule has 0 aromatic carbocycles. The molecule has 21 heavy (non-hydrogen) atoms. The Morgan fingerprint density at radius 2 is 1.14 bits per heavy atom. The quantitative estimate of drug-likeness (QED) is 0.306. The SMILES string of the molecule is CC(=O)/C=C(/C)[O-].CC(=O)/C=C(/C)[O-].CC[O][Ti+2][O]CC. The zero-order chi connectivity index (χ0) is 17.3. The van der Waals surface area contributed by atoms with Crippen LogP contribution in [0.4, 0.5) is 0 Å². The minimum atomic E-state index is -0.486. The van der Waals surface area contributed by atoms with Gasteiger partial charge in [0.2, 0.25) is 0 Å². The fourth-order valence-corrected chi connectivity index (χ4v) is 1.23. The summed E-state index contributed by atoms with van der Waals surface area (Å²) in [5, 5.41) is 20.0. The zero-order valence-electron chi connectivity index (χ0n) is 13.5. The second-order valence-electron chi connectivity index (χ2n) is 3.68. The summed E-state index contributed by atoms with van der Waals surface area (Å²) in [6.45, 7) is 10.9. The van der Waals surface area contributed by atoms with Crippen LogP contribution >= 0.6 is 0 Å². The Labute approximate surface area is 136 Å². The van der Waals surface area contributed by atoms with Crippen molar-refractivity contribution in [3.8, 4) is 0 Å². The molecular weight excluding hydrogens is 312 g/mol. The summed E-state index contributed by atoms with van der Waals surface area (Å²) < 4.78 is 9.95. The topological polar surface area (TPSA) is 98.7 Å². The molecule has 7 heteroatoms. The molecule has 0 heterocycles. The first-order valence-corrected chi connectivity index (χ1v) is 7.65. The molecule has 0 saturated carbocycles. The van der Waals surface area contributed by atoms with E-state index in [4.69, 9.17) is 6.64 Å². The van der Waals surface area contributed by atoms with Crippen LogP contribution in [0.15, 0.2) is 23.7 Å². The molecule has 0 N–H and O–H groups in total. The third kappa shape index (κ3) is 45.4. The molecule has 0 aliphatic carbocycles. The van der Waals surface area contributed by atoms with Gasteiger partial charge in [0, 0.05) is 0 Å². The standard InChI is InChI=1S/2C5H8O2.2C2H5O.Ti/c2*1-4(6)3-5(2)7;2*1-2-3;/h2*3,6H,1-2H3;2*2H2,1H3;/q;;2*-1;+4/p-2/b2*4-3-;;;. The third-order valence-electron chi connectivity index (χ3n) is 1.22.